The van der Waals surface area contributed by atoms with Crippen molar-refractivity contribution in [3.8, 4) is 30.4 Å². The fraction of sp³-hybridized carbons (Fsp3) is 0.478. The van der Waals surface area contributed by atoms with Crippen LogP contribution in [0.4, 0.5) is 0 Å². The zero-order valence-electron chi connectivity index (χ0n) is 18.3. The van der Waals surface area contributed by atoms with Gasteiger partial charge in [-0.15, -0.1) is 30.5 Å². The summed E-state index contributed by atoms with van der Waals surface area (Å²) in [5.41, 5.74) is -0.525. The second kappa shape index (κ2) is 10.9. The van der Waals surface area contributed by atoms with E-state index >= 15 is 0 Å². The summed E-state index contributed by atoms with van der Waals surface area (Å²) in [6, 6.07) is 1.06. The number of ether oxygens (including phenoxy) is 1. The molecule has 0 aliphatic carbocycles. The van der Waals surface area contributed by atoms with Crippen LogP contribution in [0.2, 0.25) is 0 Å². The van der Waals surface area contributed by atoms with E-state index in [1.54, 1.807) is 20.0 Å². The lowest BCUT2D eigenvalue weighted by atomic mass is 10.0. The van der Waals surface area contributed by atoms with Crippen molar-refractivity contribution in [3.63, 3.8) is 0 Å². The van der Waals surface area contributed by atoms with Gasteiger partial charge in [-0.2, -0.15) is 0 Å². The van der Waals surface area contributed by atoms with Gasteiger partial charge in [0.15, 0.2) is 0 Å². The first-order chi connectivity index (χ1) is 14.8. The second-order valence-electron chi connectivity index (χ2n) is 7.26. The van der Waals surface area contributed by atoms with Gasteiger partial charge in [0.05, 0.1) is 17.3 Å². The number of nitrogens with one attached hydrogen (secondary N) is 1. The monoisotopic (exact) mass is 441 g/mol. The fourth-order valence-electron chi connectivity index (χ4n) is 2.98. The summed E-state index contributed by atoms with van der Waals surface area (Å²) in [4.78, 5) is 34.4. The molecule has 0 fully saturated rings. The molecule has 8 heteroatoms. The van der Waals surface area contributed by atoms with E-state index in [4.69, 9.17) is 22.0 Å². The molecule has 2 atom stereocenters. The van der Waals surface area contributed by atoms with Crippen LogP contribution >= 0.6 is 11.8 Å². The first-order valence-corrected chi connectivity index (χ1v) is 10.9. The van der Waals surface area contributed by atoms with Crippen LogP contribution in [0.15, 0.2) is 25.3 Å². The zero-order chi connectivity index (χ0) is 23.0. The van der Waals surface area contributed by atoms with E-state index in [2.05, 4.69) is 27.1 Å². The molecule has 0 saturated carbocycles. The van der Waals surface area contributed by atoms with Crippen LogP contribution in [0.1, 0.15) is 51.0 Å². The molecule has 2 heterocycles. The molecular formula is C23H27N3O4S. The van der Waals surface area contributed by atoms with Gasteiger partial charge in [0.1, 0.15) is 28.7 Å². The molecule has 1 unspecified atom stereocenters. The predicted octanol–water partition coefficient (Wildman–Crippen LogP) is 2.78. The highest BCUT2D eigenvalue weighted by molar-refractivity contribution is 8.16. The quantitative estimate of drug-likeness (QED) is 0.470. The standard InChI is InChI=1S/C23H27N3O4S/c1-7-10-16-18(29-12-9-3)13-19(30-21(16)27)17(11-8-2)25-22(28)23(5)14-31-20(26-23)15(4)24-6/h1,3,13,17H,8,10-12,14H2,2,4-6H3,(H,25,28)/t17-,23?/m1/s1. The summed E-state index contributed by atoms with van der Waals surface area (Å²) >= 11 is 1.50. The van der Waals surface area contributed by atoms with E-state index in [1.807, 2.05) is 13.8 Å². The molecule has 0 bridgehead atoms. The van der Waals surface area contributed by atoms with E-state index in [9.17, 15) is 9.59 Å². The van der Waals surface area contributed by atoms with Gasteiger partial charge in [-0.1, -0.05) is 19.3 Å². The Labute approximate surface area is 187 Å². The van der Waals surface area contributed by atoms with Crippen molar-refractivity contribution >= 4 is 28.4 Å². The Balaban J connectivity index is 2.36. The predicted molar refractivity (Wildman–Crippen MR) is 125 cm³/mol. The molecule has 1 amide bonds. The molecule has 1 N–H and O–H groups in total. The number of nitrogens with zero attached hydrogens (tertiary/aromatic N) is 2. The van der Waals surface area contributed by atoms with Crippen molar-refractivity contribution in [2.24, 2.45) is 9.98 Å². The minimum Gasteiger partial charge on any atom is -0.480 e. The van der Waals surface area contributed by atoms with Gasteiger partial charge < -0.3 is 14.5 Å². The lowest BCUT2D eigenvalue weighted by Crippen LogP contribution is -2.45. The van der Waals surface area contributed by atoms with Crippen LogP contribution in [-0.2, 0) is 11.2 Å². The molecule has 1 aliphatic rings. The van der Waals surface area contributed by atoms with E-state index in [0.717, 1.165) is 17.2 Å². The molecule has 0 spiro atoms. The van der Waals surface area contributed by atoms with Gasteiger partial charge in [0.2, 0.25) is 5.91 Å². The van der Waals surface area contributed by atoms with Crippen LogP contribution in [0, 0.1) is 24.7 Å². The Hall–Kier alpha value is -2.97. The Morgan fingerprint density at radius 1 is 1.48 bits per heavy atom. The Kier molecular flexibility index (Phi) is 8.53. The van der Waals surface area contributed by atoms with E-state index in [1.165, 1.54) is 11.8 Å². The van der Waals surface area contributed by atoms with Crippen LogP contribution in [0.5, 0.6) is 5.75 Å². The first-order valence-electron chi connectivity index (χ1n) is 9.93. The third-order valence-electron chi connectivity index (χ3n) is 4.82. The van der Waals surface area contributed by atoms with Crippen molar-refractivity contribution in [3.05, 3.63) is 27.8 Å². The molecule has 2 rings (SSSR count). The fourth-order valence-corrected chi connectivity index (χ4v) is 4.16. The maximum Gasteiger partial charge on any atom is 0.343 e. The average Bonchev–Trinajstić information content (AvgIpc) is 3.16. The number of terminal acetylenes is 2. The van der Waals surface area contributed by atoms with Crippen molar-refractivity contribution in [1.29, 1.82) is 0 Å². The smallest absolute Gasteiger partial charge is 0.343 e. The summed E-state index contributed by atoms with van der Waals surface area (Å²) in [7, 11) is 1.69. The van der Waals surface area contributed by atoms with Gasteiger partial charge in [0, 0.05) is 25.3 Å². The average molecular weight is 442 g/mol. The van der Waals surface area contributed by atoms with E-state index in [-0.39, 0.29) is 36.0 Å². The molecule has 0 aromatic carbocycles. The SMILES string of the molecule is C#CCOc1cc([C@@H](CCC)NC(=O)C2(C)CSC(C(C)=NC)=N2)oc(=O)c1CC#C. The number of hydrogen-bond donors (Lipinski definition) is 1. The lowest BCUT2D eigenvalue weighted by molar-refractivity contribution is -0.125. The summed E-state index contributed by atoms with van der Waals surface area (Å²) in [6.45, 7) is 5.60. The van der Waals surface area contributed by atoms with Crippen molar-refractivity contribution in [1.82, 2.24) is 5.32 Å². The number of hydrogen-bond acceptors (Lipinski definition) is 7. The van der Waals surface area contributed by atoms with Gasteiger partial charge >= 0.3 is 5.63 Å². The number of carbonyl (C=O) groups excluding carboxylic acids is 1. The third-order valence-corrected chi connectivity index (χ3v) is 6.18. The van der Waals surface area contributed by atoms with Gasteiger partial charge in [-0.05, 0) is 20.3 Å². The summed E-state index contributed by atoms with van der Waals surface area (Å²) in [5.74, 6) is 5.60. The molecule has 31 heavy (non-hydrogen) atoms. The highest BCUT2D eigenvalue weighted by atomic mass is 32.2. The maximum absolute atomic E-state index is 13.1. The van der Waals surface area contributed by atoms with Gasteiger partial charge in [-0.25, -0.2) is 4.79 Å². The number of carbonyl (C=O) groups is 1. The van der Waals surface area contributed by atoms with E-state index < -0.39 is 17.2 Å². The van der Waals surface area contributed by atoms with Crippen LogP contribution in [0.3, 0.4) is 0 Å². The highest BCUT2D eigenvalue weighted by Gasteiger charge is 2.40. The molecule has 7 nitrogen and oxygen atoms in total. The Morgan fingerprint density at radius 2 is 2.23 bits per heavy atom. The summed E-state index contributed by atoms with van der Waals surface area (Å²) < 4.78 is 11.0. The normalized spacial score (nSPS) is 19.2. The van der Waals surface area contributed by atoms with E-state index in [0.29, 0.717) is 12.2 Å². The molecule has 1 aromatic rings. The van der Waals surface area contributed by atoms with Crippen molar-refractivity contribution in [2.75, 3.05) is 19.4 Å². The number of aliphatic imine (C=N–C) groups is 2. The largest absolute Gasteiger partial charge is 0.480 e. The van der Waals surface area contributed by atoms with Gasteiger partial charge in [0.25, 0.3) is 0 Å². The molecule has 1 aromatic heterocycles. The zero-order valence-corrected chi connectivity index (χ0v) is 19.1. The van der Waals surface area contributed by atoms with Crippen LogP contribution in [-0.4, -0.2) is 41.6 Å². The topological polar surface area (TPSA) is 93.3 Å². The Morgan fingerprint density at radius 3 is 2.84 bits per heavy atom. The van der Waals surface area contributed by atoms with Crippen LogP contribution in [0.25, 0.3) is 0 Å². The minimum absolute atomic E-state index is 0.0175. The second-order valence-corrected chi connectivity index (χ2v) is 8.22. The first kappa shape index (κ1) is 24.3. The van der Waals surface area contributed by atoms with Crippen LogP contribution < -0.4 is 15.7 Å². The molecule has 0 saturated heterocycles. The highest BCUT2D eigenvalue weighted by Crippen LogP contribution is 2.31. The number of thioether (sulfide) groups is 1. The molecule has 164 valence electrons. The number of amides is 1. The minimum atomic E-state index is -0.940. The van der Waals surface area contributed by atoms with Crippen molar-refractivity contribution in [2.45, 2.75) is 51.6 Å². The molecule has 1 aliphatic heterocycles. The van der Waals surface area contributed by atoms with Gasteiger partial charge in [-0.3, -0.25) is 14.8 Å². The Bertz CT molecular complexity index is 1030. The lowest BCUT2D eigenvalue weighted by Gasteiger charge is -2.24. The molecular weight excluding hydrogens is 414 g/mol. The summed E-state index contributed by atoms with van der Waals surface area (Å²) in [5, 5.41) is 3.74. The maximum atomic E-state index is 13.1. The molecule has 0 radical (unpaired) electrons. The third kappa shape index (κ3) is 5.80. The number of rotatable bonds is 9. The van der Waals surface area contributed by atoms with Crippen molar-refractivity contribution < 1.29 is 13.9 Å². The summed E-state index contributed by atoms with van der Waals surface area (Å²) in [6.07, 6.45) is 12.0.